The summed E-state index contributed by atoms with van der Waals surface area (Å²) in [4.78, 5) is 10.8. The Kier molecular flexibility index (Phi) is 3.29. The molecule has 0 heterocycles. The van der Waals surface area contributed by atoms with E-state index >= 15 is 0 Å². The molecule has 0 saturated heterocycles. The smallest absolute Gasteiger partial charge is 0.335 e. The maximum absolute atomic E-state index is 10.8. The molecule has 0 unspecified atom stereocenters. The van der Waals surface area contributed by atoms with Crippen molar-refractivity contribution in [3.05, 3.63) is 58.1 Å². The van der Waals surface area contributed by atoms with E-state index in [1.165, 1.54) is 0 Å². The highest BCUT2D eigenvalue weighted by Gasteiger charge is 2.06. The average Bonchev–Trinajstić information content (AvgIpc) is 2.30. The van der Waals surface area contributed by atoms with Crippen LogP contribution in [-0.4, -0.2) is 11.1 Å². The van der Waals surface area contributed by atoms with Gasteiger partial charge in [0.25, 0.3) is 0 Å². The monoisotopic (exact) mass is 290 g/mol. The molecule has 2 nitrogen and oxygen atoms in total. The Bertz CT molecular complexity index is 559. The third-order valence-electron chi connectivity index (χ3n) is 2.63. The fourth-order valence-electron chi connectivity index (χ4n) is 1.75. The van der Waals surface area contributed by atoms with Crippen LogP contribution in [0.1, 0.15) is 15.9 Å². The molecule has 2 aromatic rings. The summed E-state index contributed by atoms with van der Waals surface area (Å²) >= 11 is 3.39. The lowest BCUT2D eigenvalue weighted by Gasteiger charge is -2.07. The van der Waals surface area contributed by atoms with Gasteiger partial charge in [-0.1, -0.05) is 34.1 Å². The first-order chi connectivity index (χ1) is 8.08. The van der Waals surface area contributed by atoms with E-state index in [0.29, 0.717) is 5.56 Å². The van der Waals surface area contributed by atoms with E-state index in [4.69, 9.17) is 5.11 Å². The summed E-state index contributed by atoms with van der Waals surface area (Å²) in [5.41, 5.74) is 3.43. The van der Waals surface area contributed by atoms with Crippen LogP contribution in [-0.2, 0) is 0 Å². The lowest BCUT2D eigenvalue weighted by Crippen LogP contribution is -1.97. The summed E-state index contributed by atoms with van der Waals surface area (Å²) in [6.07, 6.45) is 0. The molecule has 0 aliphatic heterocycles. The standard InChI is InChI=1S/C14H11BrO2/c1-9-8-11(14(16)17)4-7-13(9)10-2-5-12(15)6-3-10/h2-8H,1H3,(H,16,17). The summed E-state index contributed by atoms with van der Waals surface area (Å²) in [7, 11) is 0. The second-order valence-electron chi connectivity index (χ2n) is 3.84. The van der Waals surface area contributed by atoms with Crippen LogP contribution < -0.4 is 0 Å². The minimum Gasteiger partial charge on any atom is -0.478 e. The van der Waals surface area contributed by atoms with Gasteiger partial charge < -0.3 is 5.11 Å². The predicted octanol–water partition coefficient (Wildman–Crippen LogP) is 4.12. The van der Waals surface area contributed by atoms with Crippen LogP contribution in [0, 0.1) is 6.92 Å². The first kappa shape index (κ1) is 11.9. The van der Waals surface area contributed by atoms with Crippen LogP contribution in [0.25, 0.3) is 11.1 Å². The maximum atomic E-state index is 10.8. The van der Waals surface area contributed by atoms with Gasteiger partial charge in [-0.05, 0) is 47.9 Å². The van der Waals surface area contributed by atoms with Crippen LogP contribution in [0.3, 0.4) is 0 Å². The number of carboxylic acid groups (broad SMARTS) is 1. The van der Waals surface area contributed by atoms with Crippen molar-refractivity contribution in [2.24, 2.45) is 0 Å². The van der Waals surface area contributed by atoms with E-state index in [9.17, 15) is 4.79 Å². The molecule has 0 aliphatic carbocycles. The lowest BCUT2D eigenvalue weighted by atomic mass is 9.98. The highest BCUT2D eigenvalue weighted by molar-refractivity contribution is 9.10. The molecule has 0 aliphatic rings. The molecule has 0 amide bonds. The van der Waals surface area contributed by atoms with Gasteiger partial charge in [0.2, 0.25) is 0 Å². The molecule has 2 rings (SSSR count). The number of carbonyl (C=O) groups is 1. The van der Waals surface area contributed by atoms with Gasteiger partial charge in [0, 0.05) is 4.47 Å². The molecule has 0 spiro atoms. The number of hydrogen-bond donors (Lipinski definition) is 1. The molecule has 0 aromatic heterocycles. The second kappa shape index (κ2) is 4.72. The number of benzene rings is 2. The van der Waals surface area contributed by atoms with E-state index < -0.39 is 5.97 Å². The highest BCUT2D eigenvalue weighted by atomic mass is 79.9. The molecule has 0 saturated carbocycles. The molecule has 3 heteroatoms. The van der Waals surface area contributed by atoms with Gasteiger partial charge in [0.1, 0.15) is 0 Å². The lowest BCUT2D eigenvalue weighted by molar-refractivity contribution is 0.0697. The van der Waals surface area contributed by atoms with Gasteiger partial charge >= 0.3 is 5.97 Å². The molecule has 0 fully saturated rings. The Balaban J connectivity index is 2.46. The van der Waals surface area contributed by atoms with Crippen molar-refractivity contribution in [2.45, 2.75) is 6.92 Å². The number of aryl methyl sites for hydroxylation is 1. The number of halogens is 1. The molecular formula is C14H11BrO2. The average molecular weight is 291 g/mol. The molecular weight excluding hydrogens is 280 g/mol. The zero-order valence-corrected chi connectivity index (χ0v) is 10.9. The molecule has 86 valence electrons. The van der Waals surface area contributed by atoms with Crippen molar-refractivity contribution < 1.29 is 9.90 Å². The first-order valence-electron chi connectivity index (χ1n) is 5.18. The van der Waals surface area contributed by atoms with Crippen LogP contribution in [0.5, 0.6) is 0 Å². The summed E-state index contributed by atoms with van der Waals surface area (Å²) < 4.78 is 1.03. The second-order valence-corrected chi connectivity index (χ2v) is 4.76. The van der Waals surface area contributed by atoms with Crippen LogP contribution in [0.2, 0.25) is 0 Å². The molecule has 0 radical (unpaired) electrons. The third-order valence-corrected chi connectivity index (χ3v) is 3.16. The normalized spacial score (nSPS) is 10.2. The van der Waals surface area contributed by atoms with Crippen molar-refractivity contribution in [2.75, 3.05) is 0 Å². The summed E-state index contributed by atoms with van der Waals surface area (Å²) in [6, 6.07) is 13.1. The fraction of sp³-hybridized carbons (Fsp3) is 0.0714. The van der Waals surface area contributed by atoms with Crippen LogP contribution in [0.4, 0.5) is 0 Å². The fourth-order valence-corrected chi connectivity index (χ4v) is 2.01. The number of carboxylic acids is 1. The quantitative estimate of drug-likeness (QED) is 0.903. The van der Waals surface area contributed by atoms with E-state index in [1.54, 1.807) is 12.1 Å². The summed E-state index contributed by atoms with van der Waals surface area (Å²) in [6.45, 7) is 1.92. The first-order valence-corrected chi connectivity index (χ1v) is 5.97. The topological polar surface area (TPSA) is 37.3 Å². The Morgan fingerprint density at radius 2 is 1.76 bits per heavy atom. The van der Waals surface area contributed by atoms with Crippen molar-refractivity contribution in [3.63, 3.8) is 0 Å². The SMILES string of the molecule is Cc1cc(C(=O)O)ccc1-c1ccc(Br)cc1. The van der Waals surface area contributed by atoms with Gasteiger partial charge in [0.05, 0.1) is 5.56 Å². The number of rotatable bonds is 2. The van der Waals surface area contributed by atoms with E-state index in [0.717, 1.165) is 21.2 Å². The van der Waals surface area contributed by atoms with Gasteiger partial charge in [-0.2, -0.15) is 0 Å². The van der Waals surface area contributed by atoms with Crippen LogP contribution >= 0.6 is 15.9 Å². The largest absolute Gasteiger partial charge is 0.478 e. The van der Waals surface area contributed by atoms with Crippen molar-refractivity contribution >= 4 is 21.9 Å². The Hall–Kier alpha value is -1.61. The van der Waals surface area contributed by atoms with Crippen molar-refractivity contribution in [1.29, 1.82) is 0 Å². The molecule has 2 aromatic carbocycles. The zero-order chi connectivity index (χ0) is 12.4. The number of hydrogen-bond acceptors (Lipinski definition) is 1. The minimum absolute atomic E-state index is 0.323. The van der Waals surface area contributed by atoms with Gasteiger partial charge in [-0.25, -0.2) is 4.79 Å². The van der Waals surface area contributed by atoms with Gasteiger partial charge in [-0.15, -0.1) is 0 Å². The van der Waals surface area contributed by atoms with Crippen molar-refractivity contribution in [1.82, 2.24) is 0 Å². The predicted molar refractivity (Wildman–Crippen MR) is 71.3 cm³/mol. The van der Waals surface area contributed by atoms with E-state index in [1.807, 2.05) is 37.3 Å². The summed E-state index contributed by atoms with van der Waals surface area (Å²) in [5.74, 6) is -0.893. The minimum atomic E-state index is -0.893. The Morgan fingerprint density at radius 3 is 2.29 bits per heavy atom. The maximum Gasteiger partial charge on any atom is 0.335 e. The van der Waals surface area contributed by atoms with E-state index in [2.05, 4.69) is 15.9 Å². The number of aromatic carboxylic acids is 1. The summed E-state index contributed by atoms with van der Waals surface area (Å²) in [5, 5.41) is 8.90. The zero-order valence-electron chi connectivity index (χ0n) is 9.27. The Labute approximate surface area is 108 Å². The van der Waals surface area contributed by atoms with Gasteiger partial charge in [-0.3, -0.25) is 0 Å². The van der Waals surface area contributed by atoms with Crippen LogP contribution in [0.15, 0.2) is 46.9 Å². The third kappa shape index (κ3) is 2.56. The molecule has 1 N–H and O–H groups in total. The molecule has 0 atom stereocenters. The Morgan fingerprint density at radius 1 is 1.12 bits per heavy atom. The molecule has 0 bridgehead atoms. The van der Waals surface area contributed by atoms with Crippen molar-refractivity contribution in [3.8, 4) is 11.1 Å². The van der Waals surface area contributed by atoms with E-state index in [-0.39, 0.29) is 0 Å². The highest BCUT2D eigenvalue weighted by Crippen LogP contribution is 2.25. The van der Waals surface area contributed by atoms with Gasteiger partial charge in [0.15, 0.2) is 0 Å². The molecule has 17 heavy (non-hydrogen) atoms.